The van der Waals surface area contributed by atoms with Gasteiger partial charge in [0.25, 0.3) is 0 Å². The molecular weight excluding hydrogens is 230 g/mol. The standard InChI is InChI=1S/C13H17N3S/c1-4-12-15-16-13(17-12)14-8-11-6-5-9(2)10(3)7-11/h5-7H,4,8H2,1-3H3,(H,14,16). The molecule has 1 aromatic heterocycles. The molecule has 0 aliphatic heterocycles. The fourth-order valence-electron chi connectivity index (χ4n) is 1.56. The number of anilines is 1. The van der Waals surface area contributed by atoms with E-state index >= 15 is 0 Å². The van der Waals surface area contributed by atoms with Gasteiger partial charge in [-0.2, -0.15) is 0 Å². The molecule has 0 aliphatic rings. The summed E-state index contributed by atoms with van der Waals surface area (Å²) in [5.41, 5.74) is 3.94. The van der Waals surface area contributed by atoms with Gasteiger partial charge >= 0.3 is 0 Å². The Bertz CT molecular complexity index is 505. The van der Waals surface area contributed by atoms with E-state index in [2.05, 4.69) is 54.5 Å². The predicted octanol–water partition coefficient (Wildman–Crippen LogP) is 3.33. The van der Waals surface area contributed by atoms with Crippen molar-refractivity contribution in [3.05, 3.63) is 39.9 Å². The van der Waals surface area contributed by atoms with Gasteiger partial charge in [-0.3, -0.25) is 0 Å². The van der Waals surface area contributed by atoms with Crippen molar-refractivity contribution in [1.29, 1.82) is 0 Å². The van der Waals surface area contributed by atoms with E-state index < -0.39 is 0 Å². The summed E-state index contributed by atoms with van der Waals surface area (Å²) in [6.07, 6.45) is 0.947. The topological polar surface area (TPSA) is 37.8 Å². The Morgan fingerprint density at radius 3 is 2.65 bits per heavy atom. The Morgan fingerprint density at radius 2 is 2.00 bits per heavy atom. The Balaban J connectivity index is 1.99. The first-order chi connectivity index (χ1) is 8.19. The molecule has 1 N–H and O–H groups in total. The SMILES string of the molecule is CCc1nnc(NCc2ccc(C)c(C)c2)s1. The number of aryl methyl sites for hydroxylation is 3. The second-order valence-corrected chi connectivity index (χ2v) is 5.19. The van der Waals surface area contributed by atoms with Crippen LogP contribution in [0.3, 0.4) is 0 Å². The van der Waals surface area contributed by atoms with Gasteiger partial charge in [0, 0.05) is 6.54 Å². The van der Waals surface area contributed by atoms with Crippen LogP contribution in [0.4, 0.5) is 5.13 Å². The zero-order chi connectivity index (χ0) is 12.3. The third-order valence-electron chi connectivity index (χ3n) is 2.78. The summed E-state index contributed by atoms with van der Waals surface area (Å²) in [6.45, 7) is 7.16. The highest BCUT2D eigenvalue weighted by atomic mass is 32.1. The monoisotopic (exact) mass is 247 g/mol. The number of nitrogens with zero attached hydrogens (tertiary/aromatic N) is 2. The molecule has 2 aromatic rings. The number of aromatic nitrogens is 2. The van der Waals surface area contributed by atoms with Gasteiger partial charge in [0.2, 0.25) is 5.13 Å². The van der Waals surface area contributed by atoms with Crippen LogP contribution in [0, 0.1) is 13.8 Å². The zero-order valence-corrected chi connectivity index (χ0v) is 11.3. The quantitative estimate of drug-likeness (QED) is 0.900. The summed E-state index contributed by atoms with van der Waals surface area (Å²) < 4.78 is 0. The lowest BCUT2D eigenvalue weighted by Crippen LogP contribution is -1.99. The minimum Gasteiger partial charge on any atom is -0.356 e. The minimum atomic E-state index is 0.805. The van der Waals surface area contributed by atoms with Crippen molar-refractivity contribution >= 4 is 16.5 Å². The molecule has 0 radical (unpaired) electrons. The summed E-state index contributed by atoms with van der Waals surface area (Å²) in [5, 5.41) is 13.5. The van der Waals surface area contributed by atoms with Gasteiger partial charge in [-0.15, -0.1) is 10.2 Å². The van der Waals surface area contributed by atoms with Crippen molar-refractivity contribution in [2.75, 3.05) is 5.32 Å². The first-order valence-corrected chi connectivity index (χ1v) is 6.63. The van der Waals surface area contributed by atoms with Crippen LogP contribution in [0.25, 0.3) is 0 Å². The summed E-state index contributed by atoms with van der Waals surface area (Å²) in [7, 11) is 0. The van der Waals surface area contributed by atoms with Gasteiger partial charge in [-0.1, -0.05) is 36.5 Å². The molecule has 0 fully saturated rings. The molecule has 17 heavy (non-hydrogen) atoms. The Hall–Kier alpha value is -1.42. The van der Waals surface area contributed by atoms with E-state index in [1.807, 2.05) is 0 Å². The second kappa shape index (κ2) is 5.27. The third-order valence-corrected chi connectivity index (χ3v) is 3.81. The van der Waals surface area contributed by atoms with E-state index in [0.717, 1.165) is 23.1 Å². The van der Waals surface area contributed by atoms with Crippen molar-refractivity contribution in [3.8, 4) is 0 Å². The largest absolute Gasteiger partial charge is 0.356 e. The van der Waals surface area contributed by atoms with Crippen molar-refractivity contribution in [2.45, 2.75) is 33.7 Å². The Kier molecular flexibility index (Phi) is 3.74. The fraction of sp³-hybridized carbons (Fsp3) is 0.385. The maximum atomic E-state index is 4.10. The highest BCUT2D eigenvalue weighted by Crippen LogP contribution is 2.17. The average molecular weight is 247 g/mol. The van der Waals surface area contributed by atoms with Gasteiger partial charge in [0.05, 0.1) is 0 Å². The number of hydrogen-bond donors (Lipinski definition) is 1. The molecular formula is C13H17N3S. The maximum Gasteiger partial charge on any atom is 0.205 e. The molecule has 1 aromatic carbocycles. The van der Waals surface area contributed by atoms with Gasteiger partial charge in [-0.25, -0.2) is 0 Å². The third kappa shape index (κ3) is 3.03. The number of hydrogen-bond acceptors (Lipinski definition) is 4. The van der Waals surface area contributed by atoms with Crippen molar-refractivity contribution in [2.24, 2.45) is 0 Å². The van der Waals surface area contributed by atoms with E-state index in [1.165, 1.54) is 16.7 Å². The molecule has 2 rings (SSSR count). The molecule has 1 heterocycles. The molecule has 0 saturated heterocycles. The fourth-order valence-corrected chi connectivity index (χ4v) is 2.23. The number of rotatable bonds is 4. The van der Waals surface area contributed by atoms with E-state index in [-0.39, 0.29) is 0 Å². The lowest BCUT2D eigenvalue weighted by atomic mass is 10.1. The molecule has 3 nitrogen and oxygen atoms in total. The maximum absolute atomic E-state index is 4.10. The first kappa shape index (κ1) is 12.0. The Morgan fingerprint density at radius 1 is 1.18 bits per heavy atom. The van der Waals surface area contributed by atoms with Crippen LogP contribution in [0.5, 0.6) is 0 Å². The van der Waals surface area contributed by atoms with Gasteiger partial charge in [0.15, 0.2) is 0 Å². The molecule has 0 unspecified atom stereocenters. The van der Waals surface area contributed by atoms with Gasteiger partial charge in [-0.05, 0) is 37.0 Å². The zero-order valence-electron chi connectivity index (χ0n) is 10.4. The minimum absolute atomic E-state index is 0.805. The van der Waals surface area contributed by atoms with Crippen LogP contribution in [-0.2, 0) is 13.0 Å². The lowest BCUT2D eigenvalue weighted by Gasteiger charge is -2.05. The van der Waals surface area contributed by atoms with Crippen molar-refractivity contribution in [1.82, 2.24) is 10.2 Å². The molecule has 4 heteroatoms. The molecule has 0 atom stereocenters. The van der Waals surface area contributed by atoms with E-state index in [1.54, 1.807) is 11.3 Å². The first-order valence-electron chi connectivity index (χ1n) is 5.81. The normalized spacial score (nSPS) is 10.5. The van der Waals surface area contributed by atoms with Crippen LogP contribution in [0.2, 0.25) is 0 Å². The molecule has 0 amide bonds. The van der Waals surface area contributed by atoms with Gasteiger partial charge in [0.1, 0.15) is 5.01 Å². The summed E-state index contributed by atoms with van der Waals surface area (Å²) in [4.78, 5) is 0. The van der Waals surface area contributed by atoms with Crippen LogP contribution >= 0.6 is 11.3 Å². The Labute approximate surface area is 106 Å². The van der Waals surface area contributed by atoms with E-state index in [0.29, 0.717) is 0 Å². The van der Waals surface area contributed by atoms with Gasteiger partial charge < -0.3 is 5.32 Å². The molecule has 0 bridgehead atoms. The van der Waals surface area contributed by atoms with Crippen LogP contribution in [0.1, 0.15) is 28.6 Å². The lowest BCUT2D eigenvalue weighted by molar-refractivity contribution is 0.975. The van der Waals surface area contributed by atoms with Crippen LogP contribution in [0.15, 0.2) is 18.2 Å². The van der Waals surface area contributed by atoms with Crippen LogP contribution in [-0.4, -0.2) is 10.2 Å². The highest BCUT2D eigenvalue weighted by Gasteiger charge is 2.02. The summed E-state index contributed by atoms with van der Waals surface area (Å²) in [6, 6.07) is 6.52. The second-order valence-electron chi connectivity index (χ2n) is 4.13. The number of nitrogens with one attached hydrogen (secondary N) is 1. The summed E-state index contributed by atoms with van der Waals surface area (Å²) >= 11 is 1.63. The smallest absolute Gasteiger partial charge is 0.205 e. The molecule has 90 valence electrons. The van der Waals surface area contributed by atoms with Crippen molar-refractivity contribution in [3.63, 3.8) is 0 Å². The van der Waals surface area contributed by atoms with Crippen molar-refractivity contribution < 1.29 is 0 Å². The summed E-state index contributed by atoms with van der Waals surface area (Å²) in [5.74, 6) is 0. The van der Waals surface area contributed by atoms with Crippen LogP contribution < -0.4 is 5.32 Å². The molecule has 0 aliphatic carbocycles. The predicted molar refractivity (Wildman–Crippen MR) is 72.5 cm³/mol. The highest BCUT2D eigenvalue weighted by molar-refractivity contribution is 7.15. The molecule has 0 spiro atoms. The molecule has 0 saturated carbocycles. The van der Waals surface area contributed by atoms with E-state index in [4.69, 9.17) is 0 Å². The average Bonchev–Trinajstić information content (AvgIpc) is 2.79. The number of benzene rings is 1. The van der Waals surface area contributed by atoms with E-state index in [9.17, 15) is 0 Å².